The number of hydrogen-bond donors (Lipinski definition) is 2. The smallest absolute Gasteiger partial charge is 0.317 e. The number of carboxylic acids is 1. The van der Waals surface area contributed by atoms with Gasteiger partial charge in [-0.05, 0) is 13.3 Å². The van der Waals surface area contributed by atoms with E-state index in [1.165, 1.54) is 0 Å². The summed E-state index contributed by atoms with van der Waals surface area (Å²) in [6, 6.07) is -0.684. The van der Waals surface area contributed by atoms with Gasteiger partial charge in [0, 0.05) is 6.04 Å². The molecule has 2 N–H and O–H groups in total. The van der Waals surface area contributed by atoms with Gasteiger partial charge in [0.2, 0.25) is 11.8 Å². The molecule has 16 heavy (non-hydrogen) atoms. The summed E-state index contributed by atoms with van der Waals surface area (Å²) < 4.78 is 0. The van der Waals surface area contributed by atoms with Gasteiger partial charge in [-0.1, -0.05) is 6.92 Å². The number of carbonyl (C=O) groups excluding carboxylic acids is 2. The van der Waals surface area contributed by atoms with Crippen molar-refractivity contribution in [3.8, 4) is 0 Å². The maximum Gasteiger partial charge on any atom is 0.317 e. The summed E-state index contributed by atoms with van der Waals surface area (Å²) in [5.41, 5.74) is 0. The van der Waals surface area contributed by atoms with Gasteiger partial charge in [0.25, 0.3) is 0 Å². The molecule has 2 unspecified atom stereocenters. The molecule has 0 spiro atoms. The van der Waals surface area contributed by atoms with Gasteiger partial charge >= 0.3 is 5.97 Å². The van der Waals surface area contributed by atoms with Crippen molar-refractivity contribution in [3.63, 3.8) is 0 Å². The first-order valence-electron chi connectivity index (χ1n) is 5.27. The molecule has 1 fully saturated rings. The summed E-state index contributed by atoms with van der Waals surface area (Å²) in [4.78, 5) is 34.8. The maximum atomic E-state index is 11.5. The number of carboxylic acid groups (broad SMARTS) is 1. The van der Waals surface area contributed by atoms with Crippen LogP contribution in [0.5, 0.6) is 0 Å². The standard InChI is InChI=1S/C10H16N2O4/c1-3-6(2)12(5-9(14)15)7-4-8(13)11-10(7)16/h6-7H,3-5H2,1-2H3,(H,14,15)(H,11,13,16). The van der Waals surface area contributed by atoms with E-state index in [2.05, 4.69) is 5.32 Å². The highest BCUT2D eigenvalue weighted by molar-refractivity contribution is 6.05. The number of nitrogens with zero attached hydrogens (tertiary/aromatic N) is 1. The molecule has 6 heteroatoms. The van der Waals surface area contributed by atoms with E-state index >= 15 is 0 Å². The Hall–Kier alpha value is -1.43. The van der Waals surface area contributed by atoms with Crippen LogP contribution < -0.4 is 5.32 Å². The zero-order valence-corrected chi connectivity index (χ0v) is 9.40. The number of aliphatic carboxylic acids is 1. The largest absolute Gasteiger partial charge is 0.480 e. The predicted molar refractivity (Wildman–Crippen MR) is 55.6 cm³/mol. The Morgan fingerprint density at radius 2 is 2.25 bits per heavy atom. The van der Waals surface area contributed by atoms with Crippen LogP contribution in [0.2, 0.25) is 0 Å². The molecule has 0 aromatic rings. The number of hydrogen-bond acceptors (Lipinski definition) is 4. The molecular formula is C10H16N2O4. The Morgan fingerprint density at radius 3 is 2.62 bits per heavy atom. The second-order valence-electron chi connectivity index (χ2n) is 3.96. The van der Waals surface area contributed by atoms with Crippen molar-refractivity contribution in [2.45, 2.75) is 38.8 Å². The average molecular weight is 228 g/mol. The molecule has 1 aliphatic heterocycles. The van der Waals surface area contributed by atoms with E-state index in [0.717, 1.165) is 6.42 Å². The molecule has 0 aliphatic carbocycles. The fraction of sp³-hybridized carbons (Fsp3) is 0.700. The molecule has 90 valence electrons. The second kappa shape index (κ2) is 5.07. The lowest BCUT2D eigenvalue weighted by atomic mass is 10.1. The molecule has 6 nitrogen and oxygen atoms in total. The van der Waals surface area contributed by atoms with Gasteiger partial charge in [-0.25, -0.2) is 0 Å². The van der Waals surface area contributed by atoms with Gasteiger partial charge in [-0.3, -0.25) is 24.6 Å². The molecule has 0 saturated carbocycles. The number of carbonyl (C=O) groups is 3. The van der Waals surface area contributed by atoms with Crippen LogP contribution in [0.4, 0.5) is 0 Å². The van der Waals surface area contributed by atoms with Gasteiger partial charge in [-0.15, -0.1) is 0 Å². The Balaban J connectivity index is 2.79. The maximum absolute atomic E-state index is 11.5. The minimum absolute atomic E-state index is 0.0437. The SMILES string of the molecule is CCC(C)N(CC(=O)O)C1CC(=O)NC1=O. The first kappa shape index (κ1) is 12.6. The van der Waals surface area contributed by atoms with E-state index < -0.39 is 17.9 Å². The molecule has 1 saturated heterocycles. The van der Waals surface area contributed by atoms with E-state index in [1.807, 2.05) is 13.8 Å². The summed E-state index contributed by atoms with van der Waals surface area (Å²) in [7, 11) is 0. The number of nitrogens with one attached hydrogen (secondary N) is 1. The summed E-state index contributed by atoms with van der Waals surface area (Å²) >= 11 is 0. The zero-order valence-electron chi connectivity index (χ0n) is 9.40. The van der Waals surface area contributed by atoms with Crippen LogP contribution in [0.1, 0.15) is 26.7 Å². The summed E-state index contributed by atoms with van der Waals surface area (Å²) in [5.74, 6) is -1.73. The first-order valence-corrected chi connectivity index (χ1v) is 5.27. The fourth-order valence-electron chi connectivity index (χ4n) is 1.77. The lowest BCUT2D eigenvalue weighted by Crippen LogP contribution is -2.47. The van der Waals surface area contributed by atoms with Crippen molar-refractivity contribution in [1.82, 2.24) is 10.2 Å². The van der Waals surface area contributed by atoms with Crippen LogP contribution in [0.25, 0.3) is 0 Å². The quantitative estimate of drug-likeness (QED) is 0.624. The lowest BCUT2D eigenvalue weighted by molar-refractivity contribution is -0.140. The highest BCUT2D eigenvalue weighted by atomic mass is 16.4. The Bertz CT molecular complexity index is 316. The van der Waals surface area contributed by atoms with Gasteiger partial charge < -0.3 is 5.11 Å². The first-order chi connectivity index (χ1) is 7.45. The normalized spacial score (nSPS) is 22.3. The van der Waals surface area contributed by atoms with Crippen LogP contribution in [0.3, 0.4) is 0 Å². The molecule has 0 aromatic carbocycles. The van der Waals surface area contributed by atoms with Crippen molar-refractivity contribution >= 4 is 17.8 Å². The highest BCUT2D eigenvalue weighted by Gasteiger charge is 2.37. The molecule has 1 rings (SSSR count). The Morgan fingerprint density at radius 1 is 1.62 bits per heavy atom. The summed E-state index contributed by atoms with van der Waals surface area (Å²) in [5, 5.41) is 11.0. The van der Waals surface area contributed by atoms with Crippen LogP contribution in [-0.2, 0) is 14.4 Å². The topological polar surface area (TPSA) is 86.7 Å². The van der Waals surface area contributed by atoms with Gasteiger partial charge in [0.15, 0.2) is 0 Å². The van der Waals surface area contributed by atoms with E-state index in [0.29, 0.717) is 0 Å². The second-order valence-corrected chi connectivity index (χ2v) is 3.96. The van der Waals surface area contributed by atoms with Crippen molar-refractivity contribution in [2.24, 2.45) is 0 Å². The number of imide groups is 1. The fourth-order valence-corrected chi connectivity index (χ4v) is 1.77. The highest BCUT2D eigenvalue weighted by Crippen LogP contribution is 2.15. The minimum Gasteiger partial charge on any atom is -0.480 e. The molecule has 2 atom stereocenters. The molecule has 0 bridgehead atoms. The third-order valence-electron chi connectivity index (χ3n) is 2.82. The predicted octanol–water partition coefficient (Wildman–Crippen LogP) is -0.413. The Labute approximate surface area is 93.6 Å². The molecule has 0 aromatic heterocycles. The summed E-state index contributed by atoms with van der Waals surface area (Å²) in [6.07, 6.45) is 0.779. The average Bonchev–Trinajstić information content (AvgIpc) is 2.53. The summed E-state index contributed by atoms with van der Waals surface area (Å²) in [6.45, 7) is 3.54. The molecule has 1 aliphatic rings. The van der Waals surface area contributed by atoms with Crippen LogP contribution >= 0.6 is 0 Å². The van der Waals surface area contributed by atoms with Crippen LogP contribution in [0, 0.1) is 0 Å². The van der Waals surface area contributed by atoms with Crippen molar-refractivity contribution < 1.29 is 19.5 Å². The molecule has 0 radical (unpaired) electrons. The van der Waals surface area contributed by atoms with Crippen LogP contribution in [0.15, 0.2) is 0 Å². The van der Waals surface area contributed by atoms with E-state index in [1.54, 1.807) is 4.90 Å². The van der Waals surface area contributed by atoms with Gasteiger partial charge in [0.1, 0.15) is 0 Å². The molecular weight excluding hydrogens is 212 g/mol. The van der Waals surface area contributed by atoms with E-state index in [4.69, 9.17) is 5.11 Å². The van der Waals surface area contributed by atoms with Gasteiger partial charge in [0.05, 0.1) is 19.0 Å². The third-order valence-corrected chi connectivity index (χ3v) is 2.82. The third kappa shape index (κ3) is 2.79. The zero-order chi connectivity index (χ0) is 12.3. The van der Waals surface area contributed by atoms with Crippen molar-refractivity contribution in [3.05, 3.63) is 0 Å². The van der Waals surface area contributed by atoms with Crippen LogP contribution in [-0.4, -0.2) is 46.4 Å². The molecule has 1 heterocycles. The number of amides is 2. The monoisotopic (exact) mass is 228 g/mol. The van der Waals surface area contributed by atoms with Crippen molar-refractivity contribution in [1.29, 1.82) is 0 Å². The van der Waals surface area contributed by atoms with E-state index in [-0.39, 0.29) is 24.9 Å². The van der Waals surface area contributed by atoms with Crippen molar-refractivity contribution in [2.75, 3.05) is 6.54 Å². The van der Waals surface area contributed by atoms with E-state index in [9.17, 15) is 14.4 Å². The Kier molecular flexibility index (Phi) is 4.00. The van der Waals surface area contributed by atoms with Gasteiger partial charge in [-0.2, -0.15) is 0 Å². The number of rotatable bonds is 5. The lowest BCUT2D eigenvalue weighted by Gasteiger charge is -2.30. The molecule has 2 amide bonds. The minimum atomic E-state index is -0.993.